The van der Waals surface area contributed by atoms with Gasteiger partial charge in [0.1, 0.15) is 5.84 Å². The molecule has 0 unspecified atom stereocenters. The van der Waals surface area contributed by atoms with E-state index in [4.69, 9.17) is 6.42 Å². The minimum Gasteiger partial charge on any atom is -0.354 e. The molecule has 0 rings (SSSR count). The molecule has 1 N–H and O–H groups in total. The minimum atomic E-state index is -0.00892. The van der Waals surface area contributed by atoms with Crippen LogP contribution in [0.2, 0.25) is 0 Å². The van der Waals surface area contributed by atoms with E-state index in [1.54, 1.807) is 7.05 Å². The summed E-state index contributed by atoms with van der Waals surface area (Å²) in [4.78, 5) is 13.7. The Morgan fingerprint density at radius 2 is 1.95 bits per heavy atom. The quantitative estimate of drug-likeness (QED) is 0.268. The van der Waals surface area contributed by atoms with Gasteiger partial charge < -0.3 is 10.2 Å². The Morgan fingerprint density at radius 1 is 1.38 bits per heavy atom. The lowest BCUT2D eigenvalue weighted by molar-refractivity contribution is -0.122. The molecule has 21 heavy (non-hydrogen) atoms. The zero-order valence-corrected chi connectivity index (χ0v) is 14.2. The number of amidine groups is 1. The number of hydrogen-bond donors (Lipinski definition) is 1. The van der Waals surface area contributed by atoms with Crippen LogP contribution < -0.4 is 5.32 Å². The Kier molecular flexibility index (Phi) is 7.57. The van der Waals surface area contributed by atoms with Gasteiger partial charge in [-0.25, -0.2) is 5.01 Å². The maximum Gasteiger partial charge on any atom is 0.220 e. The number of amides is 1. The molecule has 0 saturated carbocycles. The number of allylic oxidation sites excluding steroid dienone is 1. The van der Waals surface area contributed by atoms with Gasteiger partial charge in [-0.05, 0) is 19.3 Å². The van der Waals surface area contributed by atoms with Crippen molar-refractivity contribution in [2.24, 2.45) is 10.5 Å². The number of carbonyl (C=O) groups excluding carboxylic acids is 1. The zero-order valence-electron chi connectivity index (χ0n) is 14.2. The molecule has 5 heteroatoms. The molecule has 0 aromatic heterocycles. The predicted octanol–water partition coefficient (Wildman–Crippen LogP) is 2.23. The topological polar surface area (TPSA) is 47.9 Å². The zero-order chi connectivity index (χ0) is 16.6. The van der Waals surface area contributed by atoms with Gasteiger partial charge >= 0.3 is 0 Å². The fourth-order valence-electron chi connectivity index (χ4n) is 1.78. The van der Waals surface area contributed by atoms with Crippen LogP contribution in [0.4, 0.5) is 0 Å². The van der Waals surface area contributed by atoms with Gasteiger partial charge in [0.25, 0.3) is 0 Å². The first-order valence-electron chi connectivity index (χ1n) is 7.01. The van der Waals surface area contributed by atoms with E-state index in [0.29, 0.717) is 19.5 Å². The normalized spacial score (nSPS) is 11.6. The molecule has 0 aromatic rings. The third-order valence-corrected chi connectivity index (χ3v) is 2.68. The van der Waals surface area contributed by atoms with E-state index in [2.05, 4.69) is 23.0 Å². The van der Waals surface area contributed by atoms with Gasteiger partial charge in [-0.15, -0.1) is 0 Å². The van der Waals surface area contributed by atoms with Crippen LogP contribution in [0.25, 0.3) is 0 Å². The third kappa shape index (κ3) is 8.74. The molecule has 0 heterocycles. The summed E-state index contributed by atoms with van der Waals surface area (Å²) >= 11 is 0. The largest absolute Gasteiger partial charge is 0.354 e. The van der Waals surface area contributed by atoms with Crippen LogP contribution in [-0.4, -0.2) is 41.8 Å². The third-order valence-electron chi connectivity index (χ3n) is 2.68. The molecule has 0 aliphatic heterocycles. The van der Waals surface area contributed by atoms with Gasteiger partial charge in [-0.3, -0.25) is 4.79 Å². The van der Waals surface area contributed by atoms with Crippen LogP contribution in [0.5, 0.6) is 0 Å². The van der Waals surface area contributed by atoms with E-state index >= 15 is 0 Å². The molecule has 0 bridgehead atoms. The molecule has 0 spiro atoms. The van der Waals surface area contributed by atoms with Crippen LogP contribution in [-0.2, 0) is 4.79 Å². The van der Waals surface area contributed by atoms with Crippen LogP contribution in [0, 0.1) is 17.9 Å². The van der Waals surface area contributed by atoms with Crippen molar-refractivity contribution in [1.82, 2.24) is 15.2 Å². The van der Waals surface area contributed by atoms with Gasteiger partial charge in [0.15, 0.2) is 0 Å². The molecule has 118 valence electrons. The summed E-state index contributed by atoms with van der Waals surface area (Å²) in [7, 11) is 1.70. The second-order valence-electron chi connectivity index (χ2n) is 6.27. The van der Waals surface area contributed by atoms with Crippen molar-refractivity contribution in [1.29, 1.82) is 0 Å². The van der Waals surface area contributed by atoms with Crippen molar-refractivity contribution in [3.05, 3.63) is 12.3 Å². The Labute approximate surface area is 129 Å². The number of nitrogens with one attached hydrogen (secondary N) is 1. The van der Waals surface area contributed by atoms with E-state index < -0.39 is 0 Å². The van der Waals surface area contributed by atoms with Crippen LogP contribution in [0.3, 0.4) is 0 Å². The first-order chi connectivity index (χ1) is 9.56. The molecule has 0 aromatic carbocycles. The summed E-state index contributed by atoms with van der Waals surface area (Å²) in [5.41, 5.74) is 0.845. The second-order valence-corrected chi connectivity index (χ2v) is 6.27. The summed E-state index contributed by atoms with van der Waals surface area (Å²) in [5.74, 6) is 0.799. The molecule has 0 aliphatic rings. The number of nitrogens with zero attached hydrogens (tertiary/aromatic N) is 3. The number of hydrazone groups is 1. The molecule has 0 aliphatic carbocycles. The Balaban J connectivity index is 4.49. The molecule has 0 radical (unpaired) electrons. The maximum absolute atomic E-state index is 11.8. The van der Waals surface area contributed by atoms with Gasteiger partial charge in [0.05, 0.1) is 0 Å². The van der Waals surface area contributed by atoms with E-state index in [-0.39, 0.29) is 11.3 Å². The molecule has 5 nitrogen and oxygen atoms in total. The van der Waals surface area contributed by atoms with Gasteiger partial charge in [0.2, 0.25) is 5.91 Å². The highest BCUT2D eigenvalue weighted by Gasteiger charge is 2.16. The first-order valence-corrected chi connectivity index (χ1v) is 7.01. The number of rotatable bonds is 6. The van der Waals surface area contributed by atoms with Crippen molar-refractivity contribution >= 4 is 11.7 Å². The highest BCUT2D eigenvalue weighted by atomic mass is 16.1. The van der Waals surface area contributed by atoms with Crippen molar-refractivity contribution in [2.75, 3.05) is 20.1 Å². The van der Waals surface area contributed by atoms with Gasteiger partial charge in [-0.1, -0.05) is 33.8 Å². The Morgan fingerprint density at radius 3 is 2.38 bits per heavy atom. The Hall–Kier alpha value is -1.96. The lowest BCUT2D eigenvalue weighted by Crippen LogP contribution is -2.37. The SMILES string of the molecule is C#CN(C)/N=C(\C)N(CCNC(=O)CC(C)(C)C)C(=C)C. The first kappa shape index (κ1) is 19.0. The maximum atomic E-state index is 11.8. The van der Waals surface area contributed by atoms with Crippen molar-refractivity contribution in [2.45, 2.75) is 41.0 Å². The molecule has 1 amide bonds. The molecule has 0 saturated heterocycles. The fourth-order valence-corrected chi connectivity index (χ4v) is 1.78. The van der Waals surface area contributed by atoms with Crippen molar-refractivity contribution < 1.29 is 4.79 Å². The summed E-state index contributed by atoms with van der Waals surface area (Å²) in [6.07, 6.45) is 5.77. The van der Waals surface area contributed by atoms with E-state index in [1.807, 2.05) is 39.5 Å². The highest BCUT2D eigenvalue weighted by Crippen LogP contribution is 2.17. The standard InChI is InChI=1S/C16H28N4O/c1-9-19(8)18-14(4)20(13(2)3)11-10-17-15(21)12-16(5,6)7/h1H,2,10-12H2,3-8H3,(H,17,21)/b18-14+. The average molecular weight is 292 g/mol. The molecular formula is C16H28N4O. The number of hydrogen-bond acceptors (Lipinski definition) is 3. The van der Waals surface area contributed by atoms with Crippen molar-refractivity contribution in [3.63, 3.8) is 0 Å². The predicted molar refractivity (Wildman–Crippen MR) is 88.3 cm³/mol. The minimum absolute atomic E-state index is 0.00892. The van der Waals surface area contributed by atoms with E-state index in [1.165, 1.54) is 5.01 Å². The number of terminal acetylenes is 1. The molecule has 0 atom stereocenters. The smallest absolute Gasteiger partial charge is 0.220 e. The van der Waals surface area contributed by atoms with Gasteiger partial charge in [-0.2, -0.15) is 5.10 Å². The van der Waals surface area contributed by atoms with Gasteiger partial charge in [0, 0.05) is 38.3 Å². The summed E-state index contributed by atoms with van der Waals surface area (Å²) in [6.45, 7) is 15.0. The lowest BCUT2D eigenvalue weighted by atomic mass is 9.92. The summed E-state index contributed by atoms with van der Waals surface area (Å²) in [6, 6.07) is 2.41. The van der Waals surface area contributed by atoms with Crippen LogP contribution in [0.15, 0.2) is 17.4 Å². The molecule has 0 fully saturated rings. The average Bonchev–Trinajstić information content (AvgIpc) is 2.31. The highest BCUT2D eigenvalue weighted by molar-refractivity contribution is 5.81. The van der Waals surface area contributed by atoms with E-state index in [9.17, 15) is 4.79 Å². The second kappa shape index (κ2) is 8.35. The number of carbonyl (C=O) groups is 1. The summed E-state index contributed by atoms with van der Waals surface area (Å²) < 4.78 is 0. The molecular weight excluding hydrogens is 264 g/mol. The Bertz CT molecular complexity index is 440. The lowest BCUT2D eigenvalue weighted by Gasteiger charge is -2.25. The fraction of sp³-hybridized carbons (Fsp3) is 0.625. The van der Waals surface area contributed by atoms with Crippen LogP contribution >= 0.6 is 0 Å². The monoisotopic (exact) mass is 292 g/mol. The summed E-state index contributed by atoms with van der Waals surface area (Å²) in [5, 5.41) is 8.56. The van der Waals surface area contributed by atoms with E-state index in [0.717, 1.165) is 11.5 Å². The van der Waals surface area contributed by atoms with Crippen molar-refractivity contribution in [3.8, 4) is 12.5 Å². The van der Waals surface area contributed by atoms with Crippen LogP contribution in [0.1, 0.15) is 41.0 Å².